The van der Waals surface area contributed by atoms with Crippen LogP contribution in [0.2, 0.25) is 0 Å². The van der Waals surface area contributed by atoms with Crippen molar-refractivity contribution in [1.82, 2.24) is 0 Å². The van der Waals surface area contributed by atoms with E-state index in [4.69, 9.17) is 9.15 Å². The van der Waals surface area contributed by atoms with Gasteiger partial charge in [-0.2, -0.15) is 0 Å². The van der Waals surface area contributed by atoms with Gasteiger partial charge in [-0.25, -0.2) is 0 Å². The number of benzene rings is 2. The molecule has 25 heavy (non-hydrogen) atoms. The number of Topliss-reactive ketones (excluding diaryl/α,β-unsaturated/α-hetero) is 1. The summed E-state index contributed by atoms with van der Waals surface area (Å²) in [5.41, 5.74) is 3.29. The van der Waals surface area contributed by atoms with E-state index in [0.717, 1.165) is 42.1 Å². The van der Waals surface area contributed by atoms with Crippen molar-refractivity contribution in [3.8, 4) is 5.75 Å². The summed E-state index contributed by atoms with van der Waals surface area (Å²) in [6.07, 6.45) is 4.53. The predicted molar refractivity (Wildman–Crippen MR) is 98.3 cm³/mol. The Labute approximate surface area is 147 Å². The van der Waals surface area contributed by atoms with Gasteiger partial charge in [-0.1, -0.05) is 24.3 Å². The van der Waals surface area contributed by atoms with E-state index >= 15 is 0 Å². The van der Waals surface area contributed by atoms with Crippen LogP contribution in [0.3, 0.4) is 0 Å². The van der Waals surface area contributed by atoms with Crippen molar-refractivity contribution in [1.29, 1.82) is 0 Å². The first-order valence-corrected chi connectivity index (χ1v) is 8.92. The second kappa shape index (κ2) is 6.75. The molecule has 3 aromatic rings. The van der Waals surface area contributed by atoms with Gasteiger partial charge in [0.05, 0.1) is 6.61 Å². The molecule has 4 rings (SSSR count). The summed E-state index contributed by atoms with van der Waals surface area (Å²) in [5.74, 6) is 2.12. The molecule has 0 N–H and O–H groups in total. The Bertz CT molecular complexity index is 885. The molecular formula is C22H22O3. The minimum Gasteiger partial charge on any atom is -0.493 e. The number of carbonyl (C=O) groups is 1. The lowest BCUT2D eigenvalue weighted by molar-refractivity contribution is 0.0989. The number of hydrogen-bond acceptors (Lipinski definition) is 3. The Balaban J connectivity index is 1.38. The summed E-state index contributed by atoms with van der Waals surface area (Å²) in [6, 6.07) is 16.4. The summed E-state index contributed by atoms with van der Waals surface area (Å²) in [5, 5.41) is 0.978. The van der Waals surface area contributed by atoms with E-state index in [-0.39, 0.29) is 5.78 Å². The quantitative estimate of drug-likeness (QED) is 0.557. The predicted octanol–water partition coefficient (Wildman–Crippen LogP) is 5.21. The van der Waals surface area contributed by atoms with Crippen LogP contribution in [-0.4, -0.2) is 12.4 Å². The highest BCUT2D eigenvalue weighted by atomic mass is 16.5. The van der Waals surface area contributed by atoms with Crippen LogP contribution in [0.5, 0.6) is 5.75 Å². The van der Waals surface area contributed by atoms with Crippen molar-refractivity contribution >= 4 is 16.8 Å². The summed E-state index contributed by atoms with van der Waals surface area (Å²) in [6.45, 7) is 2.38. The summed E-state index contributed by atoms with van der Waals surface area (Å²) >= 11 is 0. The molecule has 0 unspecified atom stereocenters. The van der Waals surface area contributed by atoms with Gasteiger partial charge in [0.25, 0.3) is 0 Å². The standard InChI is InChI=1S/C22H22O3/c1-15(23)21-13-19-9-6-17(12-22(19)25-21)3-2-16-7-10-20(11-8-16)24-14-18-4-5-18/h6-13,18H,2-5,14H2,1H3. The molecule has 1 aliphatic rings. The van der Waals surface area contributed by atoms with Crippen LogP contribution >= 0.6 is 0 Å². The van der Waals surface area contributed by atoms with Gasteiger partial charge in [0.2, 0.25) is 0 Å². The van der Waals surface area contributed by atoms with Gasteiger partial charge in [0, 0.05) is 12.3 Å². The molecule has 1 fully saturated rings. The van der Waals surface area contributed by atoms with Gasteiger partial charge < -0.3 is 9.15 Å². The summed E-state index contributed by atoms with van der Waals surface area (Å²) < 4.78 is 11.4. The van der Waals surface area contributed by atoms with Crippen LogP contribution < -0.4 is 4.74 Å². The van der Waals surface area contributed by atoms with E-state index in [1.165, 1.54) is 30.9 Å². The van der Waals surface area contributed by atoms with E-state index in [2.05, 4.69) is 30.3 Å². The van der Waals surface area contributed by atoms with Gasteiger partial charge in [-0.05, 0) is 67.0 Å². The Morgan fingerprint density at radius 3 is 2.48 bits per heavy atom. The molecule has 3 nitrogen and oxygen atoms in total. The molecule has 128 valence electrons. The van der Waals surface area contributed by atoms with Crippen molar-refractivity contribution in [2.24, 2.45) is 5.92 Å². The van der Waals surface area contributed by atoms with E-state index < -0.39 is 0 Å². The Kier molecular flexibility index (Phi) is 4.31. The molecular weight excluding hydrogens is 312 g/mol. The zero-order valence-corrected chi connectivity index (χ0v) is 14.5. The average Bonchev–Trinajstić information content (AvgIpc) is 3.35. The lowest BCUT2D eigenvalue weighted by Crippen LogP contribution is -1.99. The maximum Gasteiger partial charge on any atom is 0.194 e. The van der Waals surface area contributed by atoms with Crippen molar-refractivity contribution in [2.45, 2.75) is 32.6 Å². The third-order valence-corrected chi connectivity index (χ3v) is 4.74. The highest BCUT2D eigenvalue weighted by Crippen LogP contribution is 2.29. The van der Waals surface area contributed by atoms with Gasteiger partial charge in [-0.3, -0.25) is 4.79 Å². The summed E-state index contributed by atoms with van der Waals surface area (Å²) in [4.78, 5) is 11.4. The van der Waals surface area contributed by atoms with E-state index in [1.807, 2.05) is 18.2 Å². The normalized spacial score (nSPS) is 14.0. The van der Waals surface area contributed by atoms with Gasteiger partial charge in [0.15, 0.2) is 11.5 Å². The molecule has 1 heterocycles. The minimum atomic E-state index is -0.0401. The number of aryl methyl sites for hydroxylation is 2. The van der Waals surface area contributed by atoms with Crippen molar-refractivity contribution in [2.75, 3.05) is 6.61 Å². The molecule has 0 spiro atoms. The summed E-state index contributed by atoms with van der Waals surface area (Å²) in [7, 11) is 0. The zero-order valence-electron chi connectivity index (χ0n) is 14.5. The lowest BCUT2D eigenvalue weighted by Gasteiger charge is -2.07. The van der Waals surface area contributed by atoms with Crippen LogP contribution in [0.25, 0.3) is 11.0 Å². The van der Waals surface area contributed by atoms with Gasteiger partial charge >= 0.3 is 0 Å². The van der Waals surface area contributed by atoms with Gasteiger partial charge in [-0.15, -0.1) is 0 Å². The number of furan rings is 1. The van der Waals surface area contributed by atoms with Crippen LogP contribution in [-0.2, 0) is 12.8 Å². The van der Waals surface area contributed by atoms with Crippen LogP contribution in [0, 0.1) is 5.92 Å². The maximum absolute atomic E-state index is 11.4. The number of rotatable bonds is 7. The molecule has 0 amide bonds. The van der Waals surface area contributed by atoms with Gasteiger partial charge in [0.1, 0.15) is 11.3 Å². The molecule has 3 heteroatoms. The molecule has 2 aromatic carbocycles. The van der Waals surface area contributed by atoms with E-state index in [1.54, 1.807) is 0 Å². The third kappa shape index (κ3) is 3.93. The number of hydrogen-bond donors (Lipinski definition) is 0. The largest absolute Gasteiger partial charge is 0.493 e. The monoisotopic (exact) mass is 334 g/mol. The first-order chi connectivity index (χ1) is 12.2. The zero-order chi connectivity index (χ0) is 17.2. The minimum absolute atomic E-state index is 0.0401. The van der Waals surface area contributed by atoms with Crippen molar-refractivity contribution < 1.29 is 13.9 Å². The second-order valence-corrected chi connectivity index (χ2v) is 6.94. The molecule has 1 saturated carbocycles. The SMILES string of the molecule is CC(=O)c1cc2ccc(CCc3ccc(OCC4CC4)cc3)cc2o1. The highest BCUT2D eigenvalue weighted by molar-refractivity contribution is 5.96. The van der Waals surface area contributed by atoms with Crippen LogP contribution in [0.15, 0.2) is 52.9 Å². The fourth-order valence-corrected chi connectivity index (χ4v) is 2.94. The van der Waals surface area contributed by atoms with E-state index in [9.17, 15) is 4.79 Å². The van der Waals surface area contributed by atoms with Crippen LogP contribution in [0.4, 0.5) is 0 Å². The Morgan fingerprint density at radius 2 is 1.76 bits per heavy atom. The molecule has 1 aliphatic carbocycles. The number of ketones is 1. The maximum atomic E-state index is 11.4. The third-order valence-electron chi connectivity index (χ3n) is 4.74. The molecule has 0 aliphatic heterocycles. The second-order valence-electron chi connectivity index (χ2n) is 6.94. The first kappa shape index (κ1) is 15.9. The fraction of sp³-hybridized carbons (Fsp3) is 0.318. The number of carbonyl (C=O) groups excluding carboxylic acids is 1. The lowest BCUT2D eigenvalue weighted by atomic mass is 10.0. The molecule has 0 atom stereocenters. The number of ether oxygens (including phenoxy) is 1. The Morgan fingerprint density at radius 1 is 1.04 bits per heavy atom. The smallest absolute Gasteiger partial charge is 0.194 e. The van der Waals surface area contributed by atoms with Crippen molar-refractivity contribution in [3.05, 3.63) is 65.4 Å². The number of fused-ring (bicyclic) bond motifs is 1. The Hall–Kier alpha value is -2.55. The fourth-order valence-electron chi connectivity index (χ4n) is 2.94. The van der Waals surface area contributed by atoms with Crippen LogP contribution in [0.1, 0.15) is 41.4 Å². The average molecular weight is 334 g/mol. The molecule has 1 aromatic heterocycles. The topological polar surface area (TPSA) is 39.4 Å². The van der Waals surface area contributed by atoms with Crippen molar-refractivity contribution in [3.63, 3.8) is 0 Å². The molecule has 0 saturated heterocycles. The van der Waals surface area contributed by atoms with E-state index in [0.29, 0.717) is 5.76 Å². The highest BCUT2D eigenvalue weighted by Gasteiger charge is 2.21. The molecule has 0 bridgehead atoms. The molecule has 0 radical (unpaired) electrons. The first-order valence-electron chi connectivity index (χ1n) is 8.92.